The molecule has 0 aliphatic carbocycles. The molecule has 0 radical (unpaired) electrons. The summed E-state index contributed by atoms with van der Waals surface area (Å²) in [6.07, 6.45) is 3.63. The molecular weight excluding hydrogens is 388 g/mol. The summed E-state index contributed by atoms with van der Waals surface area (Å²) in [6.45, 7) is 5.80. The van der Waals surface area contributed by atoms with Crippen LogP contribution >= 0.6 is 0 Å². The summed E-state index contributed by atoms with van der Waals surface area (Å²) in [4.78, 5) is 24.3. The number of fused-ring (bicyclic) bond motifs is 1. The van der Waals surface area contributed by atoms with Gasteiger partial charge in [-0.15, -0.1) is 0 Å². The molecule has 158 valence electrons. The summed E-state index contributed by atoms with van der Waals surface area (Å²) in [5.74, 6) is 1.45. The number of hydrogen-bond acceptors (Lipinski definition) is 4. The fourth-order valence-electron chi connectivity index (χ4n) is 4.46. The molecule has 1 saturated heterocycles. The minimum Gasteiger partial charge on any atom is -0.337 e. The second-order valence-electron chi connectivity index (χ2n) is 8.48. The number of amides is 1. The van der Waals surface area contributed by atoms with Crippen LogP contribution in [0.1, 0.15) is 42.6 Å². The Bertz CT molecular complexity index is 1210. The van der Waals surface area contributed by atoms with Gasteiger partial charge in [0.05, 0.1) is 5.69 Å². The van der Waals surface area contributed by atoms with E-state index in [-0.39, 0.29) is 11.9 Å². The van der Waals surface area contributed by atoms with Crippen LogP contribution in [0.4, 0.5) is 0 Å². The van der Waals surface area contributed by atoms with Crippen molar-refractivity contribution in [2.45, 2.75) is 32.7 Å². The molecule has 31 heavy (non-hydrogen) atoms. The zero-order valence-electron chi connectivity index (χ0n) is 17.8. The molecule has 1 amide bonds. The van der Waals surface area contributed by atoms with Gasteiger partial charge < -0.3 is 9.47 Å². The highest BCUT2D eigenvalue weighted by atomic mass is 16.2. The summed E-state index contributed by atoms with van der Waals surface area (Å²) in [7, 11) is 0. The lowest BCUT2D eigenvalue weighted by atomic mass is 10.0. The Morgan fingerprint density at radius 1 is 1.19 bits per heavy atom. The molecule has 1 fully saturated rings. The number of aromatic amines is 1. The zero-order valence-corrected chi connectivity index (χ0v) is 17.8. The number of H-pyrrole nitrogens is 1. The summed E-state index contributed by atoms with van der Waals surface area (Å²) >= 11 is 0. The van der Waals surface area contributed by atoms with Gasteiger partial charge in [0, 0.05) is 37.3 Å². The number of imidazole rings is 1. The Labute approximate surface area is 181 Å². The third kappa shape index (κ3) is 3.71. The SMILES string of the molecule is CC(C)n1c(C[C@H]2CCN(C(=O)c3cc(-c4ccccc4)n[nH]3)C2)nc2cccnc21. The lowest BCUT2D eigenvalue weighted by Crippen LogP contribution is -2.29. The van der Waals surface area contributed by atoms with E-state index in [1.54, 1.807) is 0 Å². The normalized spacial score (nSPS) is 16.5. The number of rotatable bonds is 5. The van der Waals surface area contributed by atoms with Crippen molar-refractivity contribution in [1.82, 2.24) is 29.6 Å². The van der Waals surface area contributed by atoms with E-state index >= 15 is 0 Å². The lowest BCUT2D eigenvalue weighted by Gasteiger charge is -2.17. The van der Waals surface area contributed by atoms with E-state index in [0.717, 1.165) is 54.2 Å². The number of hydrogen-bond donors (Lipinski definition) is 1. The van der Waals surface area contributed by atoms with E-state index < -0.39 is 0 Å². The van der Waals surface area contributed by atoms with E-state index in [1.807, 2.05) is 59.6 Å². The first kappa shape index (κ1) is 19.5. The zero-order chi connectivity index (χ0) is 21.4. The van der Waals surface area contributed by atoms with Gasteiger partial charge in [-0.25, -0.2) is 9.97 Å². The van der Waals surface area contributed by atoms with E-state index in [9.17, 15) is 4.79 Å². The summed E-state index contributed by atoms with van der Waals surface area (Å²) in [6, 6.07) is 16.0. The van der Waals surface area contributed by atoms with Crippen molar-refractivity contribution in [2.24, 2.45) is 5.92 Å². The maximum atomic E-state index is 13.0. The summed E-state index contributed by atoms with van der Waals surface area (Å²) < 4.78 is 2.22. The van der Waals surface area contributed by atoms with Crippen molar-refractivity contribution in [1.29, 1.82) is 0 Å². The highest BCUT2D eigenvalue weighted by Gasteiger charge is 2.29. The number of nitrogens with one attached hydrogen (secondary N) is 1. The Morgan fingerprint density at radius 3 is 2.84 bits per heavy atom. The van der Waals surface area contributed by atoms with Crippen LogP contribution in [0, 0.1) is 5.92 Å². The van der Waals surface area contributed by atoms with Crippen LogP contribution in [0.5, 0.6) is 0 Å². The molecule has 4 aromatic rings. The fraction of sp³-hybridized carbons (Fsp3) is 0.333. The molecule has 7 heteroatoms. The first-order chi connectivity index (χ1) is 15.1. The van der Waals surface area contributed by atoms with Crippen molar-refractivity contribution < 1.29 is 4.79 Å². The molecule has 1 N–H and O–H groups in total. The Kier molecular flexibility index (Phi) is 5.02. The number of nitrogens with zero attached hydrogens (tertiary/aromatic N) is 5. The van der Waals surface area contributed by atoms with Gasteiger partial charge in [0.1, 0.15) is 17.0 Å². The highest BCUT2D eigenvalue weighted by Crippen LogP contribution is 2.26. The number of carbonyl (C=O) groups is 1. The number of benzene rings is 1. The molecule has 0 unspecified atom stereocenters. The van der Waals surface area contributed by atoms with Gasteiger partial charge >= 0.3 is 0 Å². The van der Waals surface area contributed by atoms with E-state index in [4.69, 9.17) is 4.98 Å². The highest BCUT2D eigenvalue weighted by molar-refractivity contribution is 5.93. The molecule has 1 aliphatic rings. The summed E-state index contributed by atoms with van der Waals surface area (Å²) in [5, 5.41) is 7.25. The largest absolute Gasteiger partial charge is 0.337 e. The van der Waals surface area contributed by atoms with Gasteiger partial charge in [0.25, 0.3) is 5.91 Å². The van der Waals surface area contributed by atoms with Crippen molar-refractivity contribution in [3.05, 3.63) is 66.2 Å². The second kappa shape index (κ2) is 7.98. The van der Waals surface area contributed by atoms with Crippen molar-refractivity contribution in [3.8, 4) is 11.3 Å². The summed E-state index contributed by atoms with van der Waals surface area (Å²) in [5.41, 5.74) is 4.20. The average Bonchev–Trinajstić information content (AvgIpc) is 3.52. The molecule has 4 heterocycles. The molecule has 5 rings (SSSR count). The smallest absolute Gasteiger partial charge is 0.271 e. The van der Waals surface area contributed by atoms with Gasteiger partial charge in [-0.2, -0.15) is 5.10 Å². The predicted molar refractivity (Wildman–Crippen MR) is 120 cm³/mol. The number of pyridine rings is 1. The Balaban J connectivity index is 1.30. The molecule has 1 aromatic carbocycles. The monoisotopic (exact) mass is 414 g/mol. The molecule has 3 aromatic heterocycles. The first-order valence-corrected chi connectivity index (χ1v) is 10.8. The van der Waals surface area contributed by atoms with Crippen molar-refractivity contribution in [2.75, 3.05) is 13.1 Å². The van der Waals surface area contributed by atoms with Crippen LogP contribution in [-0.2, 0) is 6.42 Å². The number of likely N-dealkylation sites (tertiary alicyclic amines) is 1. The molecule has 0 spiro atoms. The lowest BCUT2D eigenvalue weighted by molar-refractivity contribution is 0.0781. The maximum absolute atomic E-state index is 13.0. The van der Waals surface area contributed by atoms with Crippen LogP contribution < -0.4 is 0 Å². The Morgan fingerprint density at radius 2 is 2.03 bits per heavy atom. The maximum Gasteiger partial charge on any atom is 0.271 e. The van der Waals surface area contributed by atoms with Gasteiger partial charge in [-0.3, -0.25) is 9.89 Å². The second-order valence-corrected chi connectivity index (χ2v) is 8.48. The van der Waals surface area contributed by atoms with Crippen LogP contribution in [0.25, 0.3) is 22.4 Å². The molecule has 0 saturated carbocycles. The number of carbonyl (C=O) groups excluding carboxylic acids is 1. The predicted octanol–water partition coefficient (Wildman–Crippen LogP) is 4.11. The molecule has 0 bridgehead atoms. The fourth-order valence-corrected chi connectivity index (χ4v) is 4.46. The standard InChI is InChI=1S/C24H26N6O/c1-16(2)30-22(26-19-9-6-11-25-23(19)30)13-17-10-12-29(15-17)24(31)21-14-20(27-28-21)18-7-4-3-5-8-18/h3-9,11,14,16-17H,10,12-13,15H2,1-2H3,(H,27,28)/t17-/m1/s1. The van der Waals surface area contributed by atoms with Gasteiger partial charge in [0.2, 0.25) is 0 Å². The molecule has 7 nitrogen and oxygen atoms in total. The molecule has 1 atom stereocenters. The third-order valence-electron chi connectivity index (χ3n) is 5.96. The van der Waals surface area contributed by atoms with Gasteiger partial charge in [-0.1, -0.05) is 30.3 Å². The topological polar surface area (TPSA) is 79.7 Å². The molecule has 1 aliphatic heterocycles. The van der Waals surface area contributed by atoms with Gasteiger partial charge in [-0.05, 0) is 44.4 Å². The van der Waals surface area contributed by atoms with Crippen molar-refractivity contribution in [3.63, 3.8) is 0 Å². The quantitative estimate of drug-likeness (QED) is 0.533. The molecular formula is C24H26N6O. The number of aromatic nitrogens is 5. The van der Waals surface area contributed by atoms with E-state index in [1.165, 1.54) is 0 Å². The Hall–Kier alpha value is -3.48. The average molecular weight is 415 g/mol. The minimum atomic E-state index is 0.0104. The first-order valence-electron chi connectivity index (χ1n) is 10.8. The van der Waals surface area contributed by atoms with Crippen LogP contribution in [0.3, 0.4) is 0 Å². The van der Waals surface area contributed by atoms with E-state index in [0.29, 0.717) is 11.6 Å². The minimum absolute atomic E-state index is 0.0104. The van der Waals surface area contributed by atoms with Crippen LogP contribution in [-0.4, -0.2) is 48.6 Å². The van der Waals surface area contributed by atoms with E-state index in [2.05, 4.69) is 33.6 Å². The van der Waals surface area contributed by atoms with Crippen molar-refractivity contribution >= 4 is 17.1 Å². The van der Waals surface area contributed by atoms with Crippen LogP contribution in [0.15, 0.2) is 54.7 Å². The van der Waals surface area contributed by atoms with Gasteiger partial charge in [0.15, 0.2) is 5.65 Å². The van der Waals surface area contributed by atoms with Crippen LogP contribution in [0.2, 0.25) is 0 Å². The third-order valence-corrected chi connectivity index (χ3v) is 5.96.